The highest BCUT2D eigenvalue weighted by Crippen LogP contribution is 2.13. The minimum Gasteiger partial charge on any atom is -0.396 e. The smallest absolute Gasteiger partial charge is 0.108 e. The standard InChI is InChI=1S/C7H17BO2/c1-5(4-9)3-7(10)6(2)8/h5-7,9-10H,3-4,8H2,1-2H3/t5-,6?,7?/m1/s1. The van der Waals surface area contributed by atoms with Crippen molar-refractivity contribution in [2.75, 3.05) is 6.61 Å². The van der Waals surface area contributed by atoms with Crippen molar-refractivity contribution in [2.24, 2.45) is 5.92 Å². The van der Waals surface area contributed by atoms with E-state index in [2.05, 4.69) is 0 Å². The van der Waals surface area contributed by atoms with Crippen molar-refractivity contribution in [3.05, 3.63) is 0 Å². The third-order valence-electron chi connectivity index (χ3n) is 1.73. The van der Waals surface area contributed by atoms with E-state index in [1.165, 1.54) is 0 Å². The Morgan fingerprint density at radius 1 is 1.40 bits per heavy atom. The third-order valence-corrected chi connectivity index (χ3v) is 1.73. The molecule has 60 valence electrons. The fraction of sp³-hybridized carbons (Fsp3) is 1.00. The van der Waals surface area contributed by atoms with Crippen LogP contribution >= 0.6 is 0 Å². The minimum atomic E-state index is -0.262. The number of aliphatic hydroxyl groups is 2. The molecule has 0 spiro atoms. The van der Waals surface area contributed by atoms with E-state index in [1.807, 2.05) is 21.7 Å². The Morgan fingerprint density at radius 2 is 1.90 bits per heavy atom. The van der Waals surface area contributed by atoms with Crippen LogP contribution in [0.2, 0.25) is 5.82 Å². The molecule has 3 heteroatoms. The molecule has 0 aliphatic heterocycles. The molecular weight excluding hydrogens is 127 g/mol. The molecule has 0 aliphatic carbocycles. The van der Waals surface area contributed by atoms with Crippen molar-refractivity contribution in [1.82, 2.24) is 0 Å². The number of rotatable bonds is 4. The average Bonchev–Trinajstić information content (AvgIpc) is 1.87. The molecule has 0 rings (SSSR count). The first kappa shape index (κ1) is 9.98. The van der Waals surface area contributed by atoms with Crippen LogP contribution in [0.25, 0.3) is 0 Å². The summed E-state index contributed by atoms with van der Waals surface area (Å²) in [5.74, 6) is 0.520. The van der Waals surface area contributed by atoms with Crippen LogP contribution in [0, 0.1) is 5.92 Å². The SMILES string of the molecule is BC(C)C(O)C[C@@H](C)CO. The zero-order valence-electron chi connectivity index (χ0n) is 7.04. The zero-order chi connectivity index (χ0) is 8.15. The van der Waals surface area contributed by atoms with Crippen LogP contribution in [0.3, 0.4) is 0 Å². The molecule has 2 N–H and O–H groups in total. The van der Waals surface area contributed by atoms with E-state index in [-0.39, 0.29) is 18.6 Å². The summed E-state index contributed by atoms with van der Waals surface area (Å²) in [6, 6.07) is 0. The van der Waals surface area contributed by atoms with Gasteiger partial charge in [0, 0.05) is 12.7 Å². The molecule has 2 unspecified atom stereocenters. The molecule has 0 saturated carbocycles. The maximum Gasteiger partial charge on any atom is 0.108 e. The first-order valence-corrected chi connectivity index (χ1v) is 3.86. The Balaban J connectivity index is 3.46. The quantitative estimate of drug-likeness (QED) is 0.536. The lowest BCUT2D eigenvalue weighted by atomic mass is 9.81. The van der Waals surface area contributed by atoms with Crippen LogP contribution in [0.1, 0.15) is 20.3 Å². The Kier molecular flexibility index (Phi) is 4.74. The molecule has 0 aromatic heterocycles. The average molecular weight is 144 g/mol. The van der Waals surface area contributed by atoms with Crippen molar-refractivity contribution >= 4 is 7.85 Å². The Labute approximate surface area is 63.7 Å². The molecule has 0 aliphatic rings. The normalized spacial score (nSPS) is 20.0. The van der Waals surface area contributed by atoms with Crippen molar-refractivity contribution in [2.45, 2.75) is 32.2 Å². The van der Waals surface area contributed by atoms with E-state index in [0.717, 1.165) is 0 Å². The van der Waals surface area contributed by atoms with Crippen LogP contribution < -0.4 is 0 Å². The Morgan fingerprint density at radius 3 is 2.20 bits per heavy atom. The second-order valence-corrected chi connectivity index (χ2v) is 3.33. The van der Waals surface area contributed by atoms with Crippen LogP contribution in [0.5, 0.6) is 0 Å². The topological polar surface area (TPSA) is 40.5 Å². The largest absolute Gasteiger partial charge is 0.396 e. The van der Waals surface area contributed by atoms with Crippen LogP contribution in [-0.2, 0) is 0 Å². The summed E-state index contributed by atoms with van der Waals surface area (Å²) < 4.78 is 0. The van der Waals surface area contributed by atoms with Gasteiger partial charge in [-0.1, -0.05) is 13.8 Å². The van der Waals surface area contributed by atoms with Gasteiger partial charge in [0.2, 0.25) is 0 Å². The highest BCUT2D eigenvalue weighted by molar-refractivity contribution is 6.11. The summed E-state index contributed by atoms with van der Waals surface area (Å²) in [5, 5.41) is 18.0. The number of hydrogen-bond donors (Lipinski definition) is 2. The first-order valence-electron chi connectivity index (χ1n) is 3.86. The van der Waals surface area contributed by atoms with Gasteiger partial charge >= 0.3 is 0 Å². The van der Waals surface area contributed by atoms with Crippen LogP contribution in [0.4, 0.5) is 0 Å². The monoisotopic (exact) mass is 144 g/mol. The molecule has 0 saturated heterocycles. The van der Waals surface area contributed by atoms with Gasteiger partial charge in [0.25, 0.3) is 0 Å². The zero-order valence-corrected chi connectivity index (χ0v) is 7.04. The fourth-order valence-corrected chi connectivity index (χ4v) is 0.759. The summed E-state index contributed by atoms with van der Waals surface area (Å²) in [5.41, 5.74) is 0. The third kappa shape index (κ3) is 3.91. The van der Waals surface area contributed by atoms with Crippen molar-refractivity contribution in [3.63, 3.8) is 0 Å². The lowest BCUT2D eigenvalue weighted by Gasteiger charge is -2.17. The molecule has 0 fully saturated rings. The molecule has 10 heavy (non-hydrogen) atoms. The van der Waals surface area contributed by atoms with Crippen LogP contribution in [0.15, 0.2) is 0 Å². The summed E-state index contributed by atoms with van der Waals surface area (Å²) >= 11 is 0. The second kappa shape index (κ2) is 4.75. The van der Waals surface area contributed by atoms with E-state index >= 15 is 0 Å². The van der Waals surface area contributed by atoms with Gasteiger partial charge in [0.15, 0.2) is 0 Å². The van der Waals surface area contributed by atoms with Gasteiger partial charge in [0.05, 0.1) is 0 Å². The first-order chi connectivity index (χ1) is 4.57. The van der Waals surface area contributed by atoms with E-state index in [4.69, 9.17) is 5.11 Å². The van der Waals surface area contributed by atoms with Gasteiger partial charge < -0.3 is 10.2 Å². The van der Waals surface area contributed by atoms with Gasteiger partial charge in [-0.2, -0.15) is 0 Å². The predicted molar refractivity (Wildman–Crippen MR) is 44.8 cm³/mol. The number of hydrogen-bond acceptors (Lipinski definition) is 2. The summed E-state index contributed by atoms with van der Waals surface area (Å²) in [6.07, 6.45) is 0.441. The van der Waals surface area contributed by atoms with Gasteiger partial charge in [-0.15, -0.1) is 0 Å². The molecule has 0 amide bonds. The fourth-order valence-electron chi connectivity index (χ4n) is 0.759. The lowest BCUT2D eigenvalue weighted by molar-refractivity contribution is 0.119. The van der Waals surface area contributed by atoms with Crippen molar-refractivity contribution < 1.29 is 10.2 Å². The molecule has 0 heterocycles. The molecular formula is C7H17BO2. The number of aliphatic hydroxyl groups excluding tert-OH is 2. The minimum absolute atomic E-state index is 0.170. The molecule has 0 bridgehead atoms. The summed E-state index contributed by atoms with van der Waals surface area (Å²) in [6.45, 7) is 4.09. The molecule has 3 atom stereocenters. The molecule has 0 aromatic rings. The maximum atomic E-state index is 9.32. The van der Waals surface area contributed by atoms with Gasteiger partial charge in [-0.25, -0.2) is 0 Å². The summed E-state index contributed by atoms with van der Waals surface area (Å²) in [4.78, 5) is 0. The van der Waals surface area contributed by atoms with E-state index in [0.29, 0.717) is 12.2 Å². The van der Waals surface area contributed by atoms with E-state index in [1.54, 1.807) is 0 Å². The van der Waals surface area contributed by atoms with Crippen molar-refractivity contribution in [3.8, 4) is 0 Å². The van der Waals surface area contributed by atoms with E-state index in [9.17, 15) is 5.11 Å². The predicted octanol–water partition coefficient (Wildman–Crippen LogP) is -0.193. The van der Waals surface area contributed by atoms with Gasteiger partial charge in [-0.3, -0.25) is 0 Å². The van der Waals surface area contributed by atoms with Crippen LogP contribution in [-0.4, -0.2) is 30.8 Å². The maximum absolute atomic E-state index is 9.32. The highest BCUT2D eigenvalue weighted by atomic mass is 16.3. The lowest BCUT2D eigenvalue weighted by Crippen LogP contribution is -2.18. The summed E-state index contributed by atoms with van der Waals surface area (Å²) in [7, 11) is 1.98. The Bertz CT molecular complexity index is 85.7. The second-order valence-electron chi connectivity index (χ2n) is 3.33. The molecule has 0 aromatic carbocycles. The van der Waals surface area contributed by atoms with Gasteiger partial charge in [0.1, 0.15) is 7.85 Å². The van der Waals surface area contributed by atoms with E-state index < -0.39 is 0 Å². The molecule has 2 nitrogen and oxygen atoms in total. The van der Waals surface area contributed by atoms with Gasteiger partial charge in [-0.05, 0) is 18.2 Å². The molecule has 0 radical (unpaired) electrons. The van der Waals surface area contributed by atoms with Crippen molar-refractivity contribution in [1.29, 1.82) is 0 Å². The Hall–Kier alpha value is -0.0151. The highest BCUT2D eigenvalue weighted by Gasteiger charge is 2.12.